The number of unbranched alkanes of at least 4 members (excludes halogenated alkanes) is 3. The highest BCUT2D eigenvalue weighted by atomic mass is 32.1. The first-order chi connectivity index (χ1) is 7.22. The maximum absolute atomic E-state index is 5.12. The molecule has 0 saturated heterocycles. The lowest BCUT2D eigenvalue weighted by Gasteiger charge is -2.25. The summed E-state index contributed by atoms with van der Waals surface area (Å²) in [5, 5.41) is 0. The molecule has 0 spiro atoms. The Morgan fingerprint density at radius 1 is 1.07 bits per heavy atom. The van der Waals surface area contributed by atoms with E-state index in [1.807, 2.05) is 0 Å². The summed E-state index contributed by atoms with van der Waals surface area (Å²) in [5.74, 6) is 1.03. The van der Waals surface area contributed by atoms with Gasteiger partial charge >= 0.3 is 0 Å². The Kier molecular flexibility index (Phi) is 11.0. The first-order valence-corrected chi connectivity index (χ1v) is 6.69. The van der Waals surface area contributed by atoms with Crippen LogP contribution in [0.4, 0.5) is 0 Å². The van der Waals surface area contributed by atoms with Crippen molar-refractivity contribution in [3.8, 4) is 0 Å². The third kappa shape index (κ3) is 9.21. The number of rotatable bonds is 10. The standard InChI is InChI=1S/C12H27NOS/c1-12(2)13(9-10-14-3)8-6-4-5-7-11-15/h12,15H,4-11H2,1-3H3. The van der Waals surface area contributed by atoms with E-state index in [-0.39, 0.29) is 0 Å². The molecule has 0 aromatic rings. The largest absolute Gasteiger partial charge is 0.383 e. The van der Waals surface area contributed by atoms with Gasteiger partial charge in [-0.05, 0) is 39.0 Å². The average Bonchev–Trinajstić information content (AvgIpc) is 2.21. The quantitative estimate of drug-likeness (QED) is 0.460. The van der Waals surface area contributed by atoms with Crippen LogP contribution in [0, 0.1) is 0 Å². The average molecular weight is 233 g/mol. The van der Waals surface area contributed by atoms with Crippen LogP contribution in [-0.2, 0) is 4.74 Å². The predicted octanol–water partition coefficient (Wildman–Crippen LogP) is 2.83. The highest BCUT2D eigenvalue weighted by Gasteiger charge is 2.07. The van der Waals surface area contributed by atoms with Crippen molar-refractivity contribution in [2.24, 2.45) is 0 Å². The van der Waals surface area contributed by atoms with Crippen LogP contribution in [0.3, 0.4) is 0 Å². The number of hydrogen-bond donors (Lipinski definition) is 1. The minimum absolute atomic E-state index is 0.630. The van der Waals surface area contributed by atoms with Crippen molar-refractivity contribution in [3.63, 3.8) is 0 Å². The smallest absolute Gasteiger partial charge is 0.0589 e. The maximum atomic E-state index is 5.12. The Balaban J connectivity index is 3.48. The Morgan fingerprint density at radius 3 is 2.27 bits per heavy atom. The van der Waals surface area contributed by atoms with Crippen molar-refractivity contribution in [3.05, 3.63) is 0 Å². The molecule has 0 bridgehead atoms. The zero-order chi connectivity index (χ0) is 11.5. The lowest BCUT2D eigenvalue weighted by molar-refractivity contribution is 0.128. The minimum Gasteiger partial charge on any atom is -0.383 e. The first kappa shape index (κ1) is 15.3. The molecule has 0 amide bonds. The SMILES string of the molecule is COCCN(CCCCCCS)C(C)C. The molecular weight excluding hydrogens is 206 g/mol. The predicted molar refractivity (Wildman–Crippen MR) is 70.9 cm³/mol. The number of nitrogens with zero attached hydrogens (tertiary/aromatic N) is 1. The maximum Gasteiger partial charge on any atom is 0.0589 e. The molecule has 0 aliphatic carbocycles. The fourth-order valence-corrected chi connectivity index (χ4v) is 1.84. The molecule has 0 aromatic heterocycles. The first-order valence-electron chi connectivity index (χ1n) is 6.06. The molecule has 0 rings (SSSR count). The van der Waals surface area contributed by atoms with E-state index in [0.29, 0.717) is 6.04 Å². The van der Waals surface area contributed by atoms with Gasteiger partial charge < -0.3 is 4.74 Å². The molecular formula is C12H27NOS. The van der Waals surface area contributed by atoms with E-state index >= 15 is 0 Å². The van der Waals surface area contributed by atoms with Crippen molar-refractivity contribution < 1.29 is 4.74 Å². The van der Waals surface area contributed by atoms with Gasteiger partial charge in [0.05, 0.1) is 6.61 Å². The van der Waals surface area contributed by atoms with Gasteiger partial charge in [0, 0.05) is 19.7 Å². The number of ether oxygens (including phenoxy) is 1. The fraction of sp³-hybridized carbons (Fsp3) is 1.00. The van der Waals surface area contributed by atoms with E-state index in [1.165, 1.54) is 32.2 Å². The van der Waals surface area contributed by atoms with Gasteiger partial charge in [0.1, 0.15) is 0 Å². The second-order valence-electron chi connectivity index (χ2n) is 4.26. The molecule has 0 atom stereocenters. The van der Waals surface area contributed by atoms with Gasteiger partial charge in [0.15, 0.2) is 0 Å². The van der Waals surface area contributed by atoms with Crippen LogP contribution < -0.4 is 0 Å². The monoisotopic (exact) mass is 233 g/mol. The van der Waals surface area contributed by atoms with Crippen molar-refractivity contribution in [1.29, 1.82) is 0 Å². The molecule has 0 unspecified atom stereocenters. The summed E-state index contributed by atoms with van der Waals surface area (Å²) in [6.45, 7) is 7.61. The Bertz CT molecular complexity index is 131. The van der Waals surface area contributed by atoms with Crippen LogP contribution in [0.15, 0.2) is 0 Å². The van der Waals surface area contributed by atoms with Crippen LogP contribution in [0.25, 0.3) is 0 Å². The fourth-order valence-electron chi connectivity index (χ4n) is 1.62. The summed E-state index contributed by atoms with van der Waals surface area (Å²) in [7, 11) is 1.77. The van der Waals surface area contributed by atoms with Crippen molar-refractivity contribution in [2.75, 3.05) is 32.6 Å². The van der Waals surface area contributed by atoms with Crippen molar-refractivity contribution in [2.45, 2.75) is 45.6 Å². The third-order valence-corrected chi connectivity index (χ3v) is 2.98. The summed E-state index contributed by atoms with van der Waals surface area (Å²) >= 11 is 4.22. The highest BCUT2D eigenvalue weighted by Crippen LogP contribution is 2.05. The molecule has 3 heteroatoms. The second-order valence-corrected chi connectivity index (χ2v) is 4.71. The second kappa shape index (κ2) is 10.8. The molecule has 0 aromatic carbocycles. The van der Waals surface area contributed by atoms with Crippen LogP contribution in [0.1, 0.15) is 39.5 Å². The Labute approximate surface area is 101 Å². The Hall–Kier alpha value is 0.270. The summed E-state index contributed by atoms with van der Waals surface area (Å²) in [5.41, 5.74) is 0. The van der Waals surface area contributed by atoms with E-state index < -0.39 is 0 Å². The molecule has 92 valence electrons. The Morgan fingerprint density at radius 2 is 1.73 bits per heavy atom. The summed E-state index contributed by atoms with van der Waals surface area (Å²) in [6, 6.07) is 0.630. The zero-order valence-electron chi connectivity index (χ0n) is 10.5. The molecule has 0 fully saturated rings. The lowest BCUT2D eigenvalue weighted by atomic mass is 10.2. The topological polar surface area (TPSA) is 12.5 Å². The van der Waals surface area contributed by atoms with Crippen LogP contribution >= 0.6 is 12.6 Å². The molecule has 0 heterocycles. The summed E-state index contributed by atoms with van der Waals surface area (Å²) < 4.78 is 5.12. The van der Waals surface area contributed by atoms with E-state index in [4.69, 9.17) is 4.74 Å². The van der Waals surface area contributed by atoms with E-state index in [1.54, 1.807) is 7.11 Å². The number of hydrogen-bond acceptors (Lipinski definition) is 3. The zero-order valence-corrected chi connectivity index (χ0v) is 11.4. The minimum atomic E-state index is 0.630. The molecule has 0 radical (unpaired) electrons. The molecule has 2 nitrogen and oxygen atoms in total. The molecule has 0 N–H and O–H groups in total. The number of methoxy groups -OCH3 is 1. The molecule has 0 aliphatic rings. The van der Waals surface area contributed by atoms with Crippen LogP contribution in [-0.4, -0.2) is 43.5 Å². The third-order valence-electron chi connectivity index (χ3n) is 2.67. The normalized spacial score (nSPS) is 11.6. The number of thiol groups is 1. The lowest BCUT2D eigenvalue weighted by Crippen LogP contribution is -2.34. The molecule has 0 aliphatic heterocycles. The van der Waals surface area contributed by atoms with E-state index in [0.717, 1.165) is 18.9 Å². The molecule has 15 heavy (non-hydrogen) atoms. The van der Waals surface area contributed by atoms with Gasteiger partial charge in [0.2, 0.25) is 0 Å². The summed E-state index contributed by atoms with van der Waals surface area (Å²) in [6.07, 6.45) is 5.20. The van der Waals surface area contributed by atoms with E-state index in [2.05, 4.69) is 31.4 Å². The van der Waals surface area contributed by atoms with Gasteiger partial charge in [-0.15, -0.1) is 0 Å². The van der Waals surface area contributed by atoms with Crippen LogP contribution in [0.2, 0.25) is 0 Å². The van der Waals surface area contributed by atoms with Crippen molar-refractivity contribution >= 4 is 12.6 Å². The van der Waals surface area contributed by atoms with Crippen molar-refractivity contribution in [1.82, 2.24) is 4.90 Å². The van der Waals surface area contributed by atoms with Gasteiger partial charge in [-0.1, -0.05) is 12.8 Å². The van der Waals surface area contributed by atoms with E-state index in [9.17, 15) is 0 Å². The van der Waals surface area contributed by atoms with Gasteiger partial charge in [-0.2, -0.15) is 12.6 Å². The highest BCUT2D eigenvalue weighted by molar-refractivity contribution is 7.80. The van der Waals surface area contributed by atoms with Crippen LogP contribution in [0.5, 0.6) is 0 Å². The summed E-state index contributed by atoms with van der Waals surface area (Å²) in [4.78, 5) is 2.49. The molecule has 0 saturated carbocycles. The van der Waals surface area contributed by atoms with Gasteiger partial charge in [0.25, 0.3) is 0 Å². The van der Waals surface area contributed by atoms with Gasteiger partial charge in [-0.3, -0.25) is 4.90 Å². The van der Waals surface area contributed by atoms with Gasteiger partial charge in [-0.25, -0.2) is 0 Å².